The van der Waals surface area contributed by atoms with Crippen LogP contribution in [0.4, 0.5) is 5.82 Å². The van der Waals surface area contributed by atoms with E-state index in [4.69, 9.17) is 28.3 Å². The van der Waals surface area contributed by atoms with Crippen molar-refractivity contribution in [1.82, 2.24) is 24.6 Å². The predicted octanol–water partition coefficient (Wildman–Crippen LogP) is 6.71. The molecule has 0 bridgehead atoms. The van der Waals surface area contributed by atoms with Crippen molar-refractivity contribution in [3.05, 3.63) is 64.9 Å². The normalized spacial score (nSPS) is 12.4. The second kappa shape index (κ2) is 11.2. The van der Waals surface area contributed by atoms with E-state index in [1.807, 2.05) is 53.2 Å². The molecular formula is C26H30Cl2N6. The Kier molecular flexibility index (Phi) is 8.03. The lowest BCUT2D eigenvalue weighted by Gasteiger charge is -2.20. The number of benzene rings is 2. The van der Waals surface area contributed by atoms with Crippen LogP contribution < -0.4 is 5.32 Å². The Balaban J connectivity index is 1.71. The van der Waals surface area contributed by atoms with Crippen LogP contribution in [0, 0.1) is 0 Å². The summed E-state index contributed by atoms with van der Waals surface area (Å²) in [6.07, 6.45) is 3.75. The summed E-state index contributed by atoms with van der Waals surface area (Å²) in [5.74, 6) is 0.723. The summed E-state index contributed by atoms with van der Waals surface area (Å²) >= 11 is 12.7. The van der Waals surface area contributed by atoms with Crippen LogP contribution in [0.15, 0.2) is 54.9 Å². The molecule has 1 N–H and O–H groups in total. The van der Waals surface area contributed by atoms with Crippen molar-refractivity contribution in [3.63, 3.8) is 0 Å². The van der Waals surface area contributed by atoms with Gasteiger partial charge in [-0.15, -0.1) is 0 Å². The molecule has 6 nitrogen and oxygen atoms in total. The summed E-state index contributed by atoms with van der Waals surface area (Å²) in [5, 5.41) is 9.78. The molecule has 1 atom stereocenters. The summed E-state index contributed by atoms with van der Waals surface area (Å²) in [6, 6.07) is 15.6. The van der Waals surface area contributed by atoms with Gasteiger partial charge in [0.1, 0.15) is 17.5 Å². The maximum Gasteiger partial charge on any atom is 0.158 e. The van der Waals surface area contributed by atoms with Crippen molar-refractivity contribution in [2.24, 2.45) is 0 Å². The number of nitrogens with one attached hydrogen (secondary N) is 1. The third-order valence-corrected chi connectivity index (χ3v) is 6.62. The standard InChI is InChI=1S/C26H30Cl2N6/c1-4-33(5-2)16-8-9-18(3)31-26-24-23(29-17-30-26)25(19-12-14-20(27)15-13-19)34(32-24)22-11-7-6-10-21(22)28/h6-7,10-15,17-18H,4-5,8-9,16H2,1-3H3,(H,29,30,31). The van der Waals surface area contributed by atoms with Crippen LogP contribution in [-0.2, 0) is 0 Å². The monoisotopic (exact) mass is 496 g/mol. The Morgan fingerprint density at radius 2 is 1.71 bits per heavy atom. The van der Waals surface area contributed by atoms with E-state index in [0.29, 0.717) is 15.6 Å². The number of hydrogen-bond donors (Lipinski definition) is 1. The Bertz CT molecular complexity index is 1230. The molecular weight excluding hydrogens is 467 g/mol. The van der Waals surface area contributed by atoms with Crippen LogP contribution in [0.5, 0.6) is 0 Å². The van der Waals surface area contributed by atoms with Gasteiger partial charge >= 0.3 is 0 Å². The number of aromatic nitrogens is 4. The van der Waals surface area contributed by atoms with Gasteiger partial charge in [-0.05, 0) is 63.7 Å². The van der Waals surface area contributed by atoms with Crippen molar-refractivity contribution >= 4 is 40.1 Å². The first-order chi connectivity index (χ1) is 16.5. The molecule has 0 radical (unpaired) electrons. The van der Waals surface area contributed by atoms with Gasteiger partial charge in [0.05, 0.1) is 10.7 Å². The van der Waals surface area contributed by atoms with Crippen LogP contribution in [0.2, 0.25) is 10.0 Å². The minimum Gasteiger partial charge on any atom is -0.366 e. The van der Waals surface area contributed by atoms with E-state index in [1.54, 1.807) is 6.33 Å². The molecule has 34 heavy (non-hydrogen) atoms. The highest BCUT2D eigenvalue weighted by atomic mass is 35.5. The minimum absolute atomic E-state index is 0.248. The summed E-state index contributed by atoms with van der Waals surface area (Å²) in [5.41, 5.74) is 4.05. The molecule has 1 unspecified atom stereocenters. The van der Waals surface area contributed by atoms with Crippen molar-refractivity contribution in [2.75, 3.05) is 25.0 Å². The molecule has 8 heteroatoms. The lowest BCUT2D eigenvalue weighted by molar-refractivity contribution is 0.295. The van der Waals surface area contributed by atoms with Gasteiger partial charge < -0.3 is 10.2 Å². The molecule has 0 fully saturated rings. The largest absolute Gasteiger partial charge is 0.366 e. The quantitative estimate of drug-likeness (QED) is 0.264. The molecule has 4 rings (SSSR count). The van der Waals surface area contributed by atoms with E-state index < -0.39 is 0 Å². The lowest BCUT2D eigenvalue weighted by Crippen LogP contribution is -2.25. The van der Waals surface area contributed by atoms with E-state index in [0.717, 1.165) is 60.8 Å². The fourth-order valence-electron chi connectivity index (χ4n) is 4.13. The molecule has 0 saturated carbocycles. The molecule has 2 aromatic heterocycles. The highest BCUT2D eigenvalue weighted by Crippen LogP contribution is 2.34. The average molecular weight is 497 g/mol. The van der Waals surface area contributed by atoms with Crippen LogP contribution in [-0.4, -0.2) is 50.3 Å². The first kappa shape index (κ1) is 24.5. The maximum atomic E-state index is 6.56. The van der Waals surface area contributed by atoms with Gasteiger partial charge in [0.15, 0.2) is 11.3 Å². The molecule has 0 saturated heterocycles. The van der Waals surface area contributed by atoms with Gasteiger partial charge in [0.25, 0.3) is 0 Å². The zero-order valence-electron chi connectivity index (χ0n) is 19.8. The average Bonchev–Trinajstić information content (AvgIpc) is 3.23. The molecule has 0 aliphatic carbocycles. The fraction of sp³-hybridized carbons (Fsp3) is 0.346. The third-order valence-electron chi connectivity index (χ3n) is 6.05. The van der Waals surface area contributed by atoms with Crippen LogP contribution in [0.1, 0.15) is 33.6 Å². The zero-order valence-corrected chi connectivity index (χ0v) is 21.3. The lowest BCUT2D eigenvalue weighted by atomic mass is 10.1. The number of halogens is 2. The van der Waals surface area contributed by atoms with E-state index in [2.05, 4.69) is 41.0 Å². The summed E-state index contributed by atoms with van der Waals surface area (Å²) < 4.78 is 1.85. The van der Waals surface area contributed by atoms with Crippen molar-refractivity contribution in [2.45, 2.75) is 39.7 Å². The summed E-state index contributed by atoms with van der Waals surface area (Å²) in [7, 11) is 0. The van der Waals surface area contributed by atoms with E-state index in [1.165, 1.54) is 0 Å². The van der Waals surface area contributed by atoms with Gasteiger partial charge in [0.2, 0.25) is 0 Å². The zero-order chi connectivity index (χ0) is 24.1. The van der Waals surface area contributed by atoms with Crippen LogP contribution in [0.3, 0.4) is 0 Å². The highest BCUT2D eigenvalue weighted by Gasteiger charge is 2.21. The van der Waals surface area contributed by atoms with Gasteiger partial charge in [0, 0.05) is 16.6 Å². The van der Waals surface area contributed by atoms with Gasteiger partial charge in [-0.3, -0.25) is 0 Å². The van der Waals surface area contributed by atoms with Crippen molar-refractivity contribution in [1.29, 1.82) is 0 Å². The summed E-state index contributed by atoms with van der Waals surface area (Å²) in [6.45, 7) is 9.85. The second-order valence-electron chi connectivity index (χ2n) is 8.35. The Labute approximate surface area is 210 Å². The second-order valence-corrected chi connectivity index (χ2v) is 9.20. The molecule has 2 heterocycles. The van der Waals surface area contributed by atoms with E-state index >= 15 is 0 Å². The number of para-hydroxylation sites is 1. The molecule has 0 aliphatic rings. The molecule has 0 amide bonds. The minimum atomic E-state index is 0.248. The smallest absolute Gasteiger partial charge is 0.158 e. The van der Waals surface area contributed by atoms with Crippen molar-refractivity contribution in [3.8, 4) is 16.9 Å². The number of rotatable bonds is 10. The van der Waals surface area contributed by atoms with E-state index in [9.17, 15) is 0 Å². The Morgan fingerprint density at radius 3 is 2.41 bits per heavy atom. The van der Waals surface area contributed by atoms with Crippen LogP contribution in [0.25, 0.3) is 28.0 Å². The van der Waals surface area contributed by atoms with Crippen molar-refractivity contribution < 1.29 is 0 Å². The first-order valence-electron chi connectivity index (χ1n) is 11.7. The summed E-state index contributed by atoms with van der Waals surface area (Å²) in [4.78, 5) is 11.6. The Morgan fingerprint density at radius 1 is 0.971 bits per heavy atom. The van der Waals surface area contributed by atoms with Gasteiger partial charge in [-0.2, -0.15) is 5.10 Å². The first-order valence-corrected chi connectivity index (χ1v) is 12.5. The number of hydrogen-bond acceptors (Lipinski definition) is 5. The Hall–Kier alpha value is -2.67. The topological polar surface area (TPSA) is 58.9 Å². The van der Waals surface area contributed by atoms with Gasteiger partial charge in [-0.25, -0.2) is 14.6 Å². The molecule has 0 spiro atoms. The third kappa shape index (κ3) is 5.35. The maximum absolute atomic E-state index is 6.56. The predicted molar refractivity (Wildman–Crippen MR) is 142 cm³/mol. The molecule has 178 valence electrons. The number of fused-ring (bicyclic) bond motifs is 1. The number of nitrogens with zero attached hydrogens (tertiary/aromatic N) is 5. The van der Waals surface area contributed by atoms with Gasteiger partial charge in [-0.1, -0.05) is 61.3 Å². The molecule has 2 aromatic carbocycles. The fourth-order valence-corrected chi connectivity index (χ4v) is 4.48. The van der Waals surface area contributed by atoms with Crippen LogP contribution >= 0.6 is 23.2 Å². The van der Waals surface area contributed by atoms with E-state index in [-0.39, 0.29) is 6.04 Å². The molecule has 4 aromatic rings. The number of anilines is 1. The highest BCUT2D eigenvalue weighted by molar-refractivity contribution is 6.32. The molecule has 0 aliphatic heterocycles. The SMILES string of the molecule is CCN(CC)CCCC(C)Nc1ncnc2c(-c3ccc(Cl)cc3)n(-c3ccccc3Cl)nc12.